The van der Waals surface area contributed by atoms with Crippen molar-refractivity contribution in [2.24, 2.45) is 7.05 Å². The van der Waals surface area contributed by atoms with Crippen molar-refractivity contribution in [1.82, 2.24) is 24.9 Å². The predicted octanol–water partition coefficient (Wildman–Crippen LogP) is 2.10. The van der Waals surface area contributed by atoms with Gasteiger partial charge in [0.2, 0.25) is 0 Å². The third-order valence-corrected chi connectivity index (χ3v) is 3.60. The van der Waals surface area contributed by atoms with E-state index in [0.717, 1.165) is 13.1 Å². The van der Waals surface area contributed by atoms with Crippen LogP contribution in [-0.2, 0) is 20.1 Å². The predicted molar refractivity (Wildman–Crippen MR) is 75.8 cm³/mol. The number of nitrogens with one attached hydrogen (secondary N) is 1. The van der Waals surface area contributed by atoms with Crippen LogP contribution in [0.3, 0.4) is 0 Å². The molecule has 0 saturated heterocycles. The first-order valence-electron chi connectivity index (χ1n) is 6.72. The first-order chi connectivity index (χ1) is 9.00. The highest BCUT2D eigenvalue weighted by molar-refractivity contribution is 5.18. The highest BCUT2D eigenvalue weighted by atomic mass is 15.3. The first-order valence-corrected chi connectivity index (χ1v) is 6.72. The molecular formula is C14H23N5. The van der Waals surface area contributed by atoms with Gasteiger partial charge in [-0.25, -0.2) is 0 Å². The van der Waals surface area contributed by atoms with E-state index in [2.05, 4.69) is 47.9 Å². The van der Waals surface area contributed by atoms with E-state index in [1.54, 1.807) is 0 Å². The van der Waals surface area contributed by atoms with E-state index < -0.39 is 0 Å². The Labute approximate surface area is 114 Å². The molecular weight excluding hydrogens is 238 g/mol. The number of hydrogen-bond acceptors (Lipinski definition) is 3. The second-order valence-electron chi connectivity index (χ2n) is 5.28. The Kier molecular flexibility index (Phi) is 4.04. The summed E-state index contributed by atoms with van der Waals surface area (Å²) in [6, 6.07) is 0.411. The maximum Gasteiger partial charge on any atom is 0.0537 e. The summed E-state index contributed by atoms with van der Waals surface area (Å²) in [7, 11) is 1.97. The highest BCUT2D eigenvalue weighted by Crippen LogP contribution is 2.13. The van der Waals surface area contributed by atoms with Gasteiger partial charge in [-0.2, -0.15) is 10.2 Å². The van der Waals surface area contributed by atoms with Crippen LogP contribution in [0.1, 0.15) is 42.4 Å². The van der Waals surface area contributed by atoms with Crippen molar-refractivity contribution >= 4 is 0 Å². The molecule has 0 amide bonds. The van der Waals surface area contributed by atoms with Gasteiger partial charge in [0.25, 0.3) is 0 Å². The molecule has 0 atom stereocenters. The van der Waals surface area contributed by atoms with E-state index in [9.17, 15) is 0 Å². The number of aryl methyl sites for hydroxylation is 1. The molecule has 2 aromatic heterocycles. The number of hydrogen-bond donors (Lipinski definition) is 1. The molecule has 0 aliphatic rings. The van der Waals surface area contributed by atoms with Crippen molar-refractivity contribution in [2.45, 2.75) is 46.8 Å². The highest BCUT2D eigenvalue weighted by Gasteiger charge is 2.09. The fraction of sp³-hybridized carbons (Fsp3) is 0.571. The van der Waals surface area contributed by atoms with Crippen LogP contribution in [0.5, 0.6) is 0 Å². The van der Waals surface area contributed by atoms with Crippen molar-refractivity contribution in [3.63, 3.8) is 0 Å². The average molecular weight is 261 g/mol. The Morgan fingerprint density at radius 3 is 2.11 bits per heavy atom. The molecule has 2 aromatic rings. The fourth-order valence-electron chi connectivity index (χ4n) is 2.20. The van der Waals surface area contributed by atoms with Gasteiger partial charge in [-0.05, 0) is 27.7 Å². The van der Waals surface area contributed by atoms with Crippen molar-refractivity contribution in [2.75, 3.05) is 0 Å². The van der Waals surface area contributed by atoms with E-state index in [0.29, 0.717) is 6.04 Å². The van der Waals surface area contributed by atoms with E-state index in [-0.39, 0.29) is 0 Å². The third kappa shape index (κ3) is 2.87. The van der Waals surface area contributed by atoms with Crippen LogP contribution in [0.4, 0.5) is 0 Å². The standard InChI is InChI=1S/C14H23N5/c1-10(2)19-12(4)14(9-17-19)7-15-6-13-8-16-18(5)11(13)3/h8-10,15H,6-7H2,1-5H3. The summed E-state index contributed by atoms with van der Waals surface area (Å²) >= 11 is 0. The maximum absolute atomic E-state index is 4.42. The molecule has 0 aromatic carbocycles. The molecule has 0 fully saturated rings. The lowest BCUT2D eigenvalue weighted by Crippen LogP contribution is -2.14. The molecule has 0 saturated carbocycles. The molecule has 2 rings (SSSR count). The largest absolute Gasteiger partial charge is 0.308 e. The lowest BCUT2D eigenvalue weighted by atomic mass is 10.2. The number of rotatable bonds is 5. The fourth-order valence-corrected chi connectivity index (χ4v) is 2.20. The van der Waals surface area contributed by atoms with Crippen LogP contribution in [0, 0.1) is 13.8 Å². The zero-order valence-corrected chi connectivity index (χ0v) is 12.4. The summed E-state index contributed by atoms with van der Waals surface area (Å²) in [6.07, 6.45) is 3.88. The normalized spacial score (nSPS) is 11.5. The second kappa shape index (κ2) is 5.57. The molecule has 104 valence electrons. The van der Waals surface area contributed by atoms with Gasteiger partial charge in [0, 0.05) is 48.7 Å². The molecule has 0 radical (unpaired) electrons. The third-order valence-electron chi connectivity index (χ3n) is 3.60. The summed E-state index contributed by atoms with van der Waals surface area (Å²) in [5.74, 6) is 0. The Hall–Kier alpha value is -1.62. The lowest BCUT2D eigenvalue weighted by Gasteiger charge is -2.09. The minimum Gasteiger partial charge on any atom is -0.308 e. The topological polar surface area (TPSA) is 47.7 Å². The zero-order valence-electron chi connectivity index (χ0n) is 12.4. The maximum atomic E-state index is 4.42. The van der Waals surface area contributed by atoms with Crippen molar-refractivity contribution in [3.05, 3.63) is 34.9 Å². The van der Waals surface area contributed by atoms with Crippen LogP contribution in [0.25, 0.3) is 0 Å². The molecule has 1 N–H and O–H groups in total. The summed E-state index contributed by atoms with van der Waals surface area (Å²) < 4.78 is 3.96. The van der Waals surface area contributed by atoms with Gasteiger partial charge in [0.05, 0.1) is 12.4 Å². The average Bonchev–Trinajstić information content (AvgIpc) is 2.87. The van der Waals surface area contributed by atoms with Gasteiger partial charge < -0.3 is 5.32 Å². The van der Waals surface area contributed by atoms with Crippen LogP contribution in [-0.4, -0.2) is 19.6 Å². The van der Waals surface area contributed by atoms with Gasteiger partial charge in [-0.3, -0.25) is 9.36 Å². The zero-order chi connectivity index (χ0) is 14.0. The Bertz CT molecular complexity index is 550. The SMILES string of the molecule is Cc1c(CNCc2cnn(C(C)C)c2C)cnn1C. The van der Waals surface area contributed by atoms with E-state index in [1.165, 1.54) is 22.5 Å². The molecule has 2 heterocycles. The second-order valence-corrected chi connectivity index (χ2v) is 5.28. The van der Waals surface area contributed by atoms with Gasteiger partial charge in [-0.1, -0.05) is 0 Å². The number of nitrogens with zero attached hydrogens (tertiary/aromatic N) is 4. The van der Waals surface area contributed by atoms with Crippen LogP contribution >= 0.6 is 0 Å². The van der Waals surface area contributed by atoms with Gasteiger partial charge in [0.1, 0.15) is 0 Å². The minimum absolute atomic E-state index is 0.411. The molecule has 0 unspecified atom stereocenters. The van der Waals surface area contributed by atoms with Crippen LogP contribution < -0.4 is 5.32 Å². The molecule has 0 aliphatic heterocycles. The van der Waals surface area contributed by atoms with E-state index in [1.807, 2.05) is 24.1 Å². The van der Waals surface area contributed by atoms with Crippen molar-refractivity contribution < 1.29 is 0 Å². The molecule has 0 spiro atoms. The van der Waals surface area contributed by atoms with Crippen LogP contribution in [0.15, 0.2) is 12.4 Å². The monoisotopic (exact) mass is 261 g/mol. The summed E-state index contributed by atoms with van der Waals surface area (Å²) in [5.41, 5.74) is 4.96. The van der Waals surface area contributed by atoms with Gasteiger partial charge in [-0.15, -0.1) is 0 Å². The summed E-state index contributed by atoms with van der Waals surface area (Å²) in [4.78, 5) is 0. The van der Waals surface area contributed by atoms with Crippen molar-refractivity contribution in [1.29, 1.82) is 0 Å². The van der Waals surface area contributed by atoms with Crippen LogP contribution in [0.2, 0.25) is 0 Å². The molecule has 5 nitrogen and oxygen atoms in total. The lowest BCUT2D eigenvalue weighted by molar-refractivity contribution is 0.517. The number of aromatic nitrogens is 4. The van der Waals surface area contributed by atoms with Gasteiger partial charge in [0.15, 0.2) is 0 Å². The summed E-state index contributed by atoms with van der Waals surface area (Å²) in [5, 5.41) is 12.1. The Morgan fingerprint density at radius 2 is 1.63 bits per heavy atom. The quantitative estimate of drug-likeness (QED) is 0.896. The van der Waals surface area contributed by atoms with E-state index in [4.69, 9.17) is 0 Å². The van der Waals surface area contributed by atoms with Gasteiger partial charge >= 0.3 is 0 Å². The molecule has 0 bridgehead atoms. The molecule has 19 heavy (non-hydrogen) atoms. The van der Waals surface area contributed by atoms with Crippen molar-refractivity contribution in [3.8, 4) is 0 Å². The Balaban J connectivity index is 1.95. The summed E-state index contributed by atoms with van der Waals surface area (Å²) in [6.45, 7) is 10.2. The van der Waals surface area contributed by atoms with E-state index >= 15 is 0 Å². The minimum atomic E-state index is 0.411. The smallest absolute Gasteiger partial charge is 0.0537 e. The molecule has 0 aliphatic carbocycles. The first kappa shape index (κ1) is 13.8. The molecule has 5 heteroatoms. The Morgan fingerprint density at radius 1 is 1.05 bits per heavy atom.